The Morgan fingerprint density at radius 3 is 2.52 bits per heavy atom. The molecule has 23 heavy (non-hydrogen) atoms. The van der Waals surface area contributed by atoms with Gasteiger partial charge >= 0.3 is 0 Å². The third-order valence-electron chi connectivity index (χ3n) is 3.65. The van der Waals surface area contributed by atoms with Crippen LogP contribution < -0.4 is 5.32 Å². The van der Waals surface area contributed by atoms with E-state index in [4.69, 9.17) is 0 Å². The topological polar surface area (TPSA) is 64.0 Å². The van der Waals surface area contributed by atoms with E-state index < -0.39 is 16.2 Å². The molecule has 1 amide bonds. The molecule has 0 bridgehead atoms. The van der Waals surface area contributed by atoms with Crippen LogP contribution in [0.15, 0.2) is 24.3 Å². The van der Waals surface area contributed by atoms with Crippen molar-refractivity contribution >= 4 is 22.5 Å². The Labute approximate surface area is 136 Å². The van der Waals surface area contributed by atoms with Gasteiger partial charge in [0.05, 0.1) is 22.9 Å². The summed E-state index contributed by atoms with van der Waals surface area (Å²) in [6.45, 7) is 5.46. The number of amides is 1. The van der Waals surface area contributed by atoms with Crippen LogP contribution in [0.4, 0.5) is 10.2 Å². The summed E-state index contributed by atoms with van der Waals surface area (Å²) < 4.78 is 26.5. The summed E-state index contributed by atoms with van der Waals surface area (Å²) in [5.41, 5.74) is 1.60. The Morgan fingerprint density at radius 1 is 1.26 bits per heavy atom. The average molecular weight is 335 g/mol. The number of aromatic nitrogens is 2. The van der Waals surface area contributed by atoms with E-state index in [2.05, 4.69) is 10.4 Å². The van der Waals surface area contributed by atoms with Gasteiger partial charge in [-0.2, -0.15) is 5.10 Å². The van der Waals surface area contributed by atoms with E-state index in [-0.39, 0.29) is 11.7 Å². The number of nitrogens with zero attached hydrogens (tertiary/aromatic N) is 2. The zero-order valence-electron chi connectivity index (χ0n) is 13.2. The van der Waals surface area contributed by atoms with Crippen LogP contribution in [-0.4, -0.2) is 19.9 Å². The molecule has 2 heterocycles. The molecule has 3 rings (SSSR count). The molecule has 0 saturated heterocycles. The monoisotopic (exact) mass is 335 g/mol. The second kappa shape index (κ2) is 5.56. The molecule has 0 fully saturated rings. The lowest BCUT2D eigenvalue weighted by atomic mass is 9.96. The second-order valence-electron chi connectivity index (χ2n) is 6.59. The van der Waals surface area contributed by atoms with Crippen LogP contribution in [-0.2, 0) is 27.1 Å². The highest BCUT2D eigenvalue weighted by Gasteiger charge is 2.30. The standard InChI is InChI=1S/C16H18FN3O2S/c1-16(2,3)15(21)18-14-12-8-23(22)9-13(12)19-20(14)11-6-4-10(17)5-7-11/h4-7H,8-9H2,1-3H3,(H,18,21). The van der Waals surface area contributed by atoms with Gasteiger partial charge in [-0.25, -0.2) is 9.07 Å². The van der Waals surface area contributed by atoms with E-state index >= 15 is 0 Å². The van der Waals surface area contributed by atoms with Crippen molar-refractivity contribution in [3.8, 4) is 5.69 Å². The maximum atomic E-state index is 13.1. The normalized spacial score (nSPS) is 17.1. The summed E-state index contributed by atoms with van der Waals surface area (Å²) in [5.74, 6) is 0.784. The van der Waals surface area contributed by atoms with Gasteiger partial charge in [-0.3, -0.25) is 9.00 Å². The Kier molecular flexibility index (Phi) is 3.83. The molecule has 0 radical (unpaired) electrons. The van der Waals surface area contributed by atoms with E-state index in [0.717, 1.165) is 11.3 Å². The first kappa shape index (κ1) is 15.9. The van der Waals surface area contributed by atoms with E-state index in [1.807, 2.05) is 20.8 Å². The van der Waals surface area contributed by atoms with Crippen LogP contribution in [0.5, 0.6) is 0 Å². The molecule has 0 saturated carbocycles. The van der Waals surface area contributed by atoms with Gasteiger partial charge in [0.15, 0.2) is 0 Å². The molecule has 1 unspecified atom stereocenters. The Hall–Kier alpha value is -2.02. The minimum Gasteiger partial charge on any atom is -0.310 e. The maximum absolute atomic E-state index is 13.1. The summed E-state index contributed by atoms with van der Waals surface area (Å²) in [5, 5.41) is 7.36. The Morgan fingerprint density at radius 2 is 1.91 bits per heavy atom. The van der Waals surface area contributed by atoms with E-state index in [0.29, 0.717) is 23.0 Å². The Balaban J connectivity index is 2.06. The molecular formula is C16H18FN3O2S. The highest BCUT2D eigenvalue weighted by atomic mass is 32.2. The first-order valence-electron chi connectivity index (χ1n) is 7.29. The van der Waals surface area contributed by atoms with Crippen LogP contribution in [0.3, 0.4) is 0 Å². The molecule has 2 aromatic rings. The predicted octanol–water partition coefficient (Wildman–Crippen LogP) is 2.76. The quantitative estimate of drug-likeness (QED) is 0.918. The molecular weight excluding hydrogens is 317 g/mol. The molecule has 1 aromatic carbocycles. The van der Waals surface area contributed by atoms with Gasteiger partial charge < -0.3 is 5.32 Å². The van der Waals surface area contributed by atoms with Crippen molar-refractivity contribution in [1.29, 1.82) is 0 Å². The van der Waals surface area contributed by atoms with E-state index in [9.17, 15) is 13.4 Å². The predicted molar refractivity (Wildman–Crippen MR) is 87.2 cm³/mol. The van der Waals surface area contributed by atoms with Crippen molar-refractivity contribution in [2.45, 2.75) is 32.3 Å². The molecule has 5 nitrogen and oxygen atoms in total. The average Bonchev–Trinajstić information content (AvgIpc) is 2.96. The molecule has 1 aliphatic rings. The molecule has 0 spiro atoms. The zero-order valence-corrected chi connectivity index (χ0v) is 14.0. The lowest BCUT2D eigenvalue weighted by molar-refractivity contribution is -0.123. The number of anilines is 1. The first-order valence-corrected chi connectivity index (χ1v) is 8.77. The number of hydrogen-bond acceptors (Lipinski definition) is 3. The first-order chi connectivity index (χ1) is 10.8. The van der Waals surface area contributed by atoms with E-state index in [1.54, 1.807) is 16.8 Å². The highest BCUT2D eigenvalue weighted by Crippen LogP contribution is 2.32. The van der Waals surface area contributed by atoms with Crippen LogP contribution in [0, 0.1) is 11.2 Å². The van der Waals surface area contributed by atoms with Crippen LogP contribution in [0.25, 0.3) is 5.69 Å². The lowest BCUT2D eigenvalue weighted by Crippen LogP contribution is -2.29. The molecule has 0 aliphatic carbocycles. The molecule has 122 valence electrons. The van der Waals surface area contributed by atoms with Crippen molar-refractivity contribution in [1.82, 2.24) is 9.78 Å². The number of carbonyl (C=O) groups excluding carboxylic acids is 1. The number of hydrogen-bond donors (Lipinski definition) is 1. The SMILES string of the molecule is CC(C)(C)C(=O)Nc1c2c(nn1-c1ccc(F)cc1)CS(=O)C2. The number of benzene rings is 1. The van der Waals surface area contributed by atoms with Crippen molar-refractivity contribution in [3.63, 3.8) is 0 Å². The number of halogens is 1. The van der Waals surface area contributed by atoms with Crippen LogP contribution in [0.2, 0.25) is 0 Å². The van der Waals surface area contributed by atoms with Crippen molar-refractivity contribution in [3.05, 3.63) is 41.3 Å². The lowest BCUT2D eigenvalue weighted by Gasteiger charge is -2.19. The zero-order chi connectivity index (χ0) is 16.8. The molecule has 1 aliphatic heterocycles. The van der Waals surface area contributed by atoms with Crippen molar-refractivity contribution < 1.29 is 13.4 Å². The largest absolute Gasteiger partial charge is 0.310 e. The Bertz CT molecular complexity index is 791. The van der Waals surface area contributed by atoms with Crippen LogP contribution in [0.1, 0.15) is 32.0 Å². The second-order valence-corrected chi connectivity index (χ2v) is 8.05. The van der Waals surface area contributed by atoms with Gasteiger partial charge in [-0.15, -0.1) is 0 Å². The molecule has 1 aromatic heterocycles. The molecule has 7 heteroatoms. The molecule has 1 N–H and O–H groups in total. The number of fused-ring (bicyclic) bond motifs is 1. The van der Waals surface area contributed by atoms with Gasteiger partial charge in [0.2, 0.25) is 5.91 Å². The van der Waals surface area contributed by atoms with Gasteiger partial charge in [0.1, 0.15) is 11.6 Å². The summed E-state index contributed by atoms with van der Waals surface area (Å²) in [6.07, 6.45) is 0. The highest BCUT2D eigenvalue weighted by molar-refractivity contribution is 7.83. The summed E-state index contributed by atoms with van der Waals surface area (Å²) in [4.78, 5) is 12.4. The minimum absolute atomic E-state index is 0.152. The summed E-state index contributed by atoms with van der Waals surface area (Å²) in [7, 11) is -0.990. The van der Waals surface area contributed by atoms with E-state index in [1.165, 1.54) is 12.1 Å². The number of carbonyl (C=O) groups is 1. The van der Waals surface area contributed by atoms with Gasteiger partial charge in [0.25, 0.3) is 0 Å². The summed E-state index contributed by atoms with van der Waals surface area (Å²) >= 11 is 0. The fourth-order valence-corrected chi connectivity index (χ4v) is 3.58. The molecule has 1 atom stereocenters. The third kappa shape index (κ3) is 3.06. The van der Waals surface area contributed by atoms with Crippen molar-refractivity contribution in [2.24, 2.45) is 5.41 Å². The fourth-order valence-electron chi connectivity index (χ4n) is 2.32. The van der Waals surface area contributed by atoms with Gasteiger partial charge in [-0.05, 0) is 24.3 Å². The van der Waals surface area contributed by atoms with Gasteiger partial charge in [0, 0.05) is 21.8 Å². The number of nitrogens with one attached hydrogen (secondary N) is 1. The van der Waals surface area contributed by atoms with Crippen LogP contribution >= 0.6 is 0 Å². The summed E-state index contributed by atoms with van der Waals surface area (Å²) in [6, 6.07) is 5.88. The third-order valence-corrected chi connectivity index (χ3v) is 4.86. The minimum atomic E-state index is -0.990. The maximum Gasteiger partial charge on any atom is 0.230 e. The smallest absolute Gasteiger partial charge is 0.230 e. The number of rotatable bonds is 2. The van der Waals surface area contributed by atoms with Gasteiger partial charge in [-0.1, -0.05) is 20.8 Å². The van der Waals surface area contributed by atoms with Crippen molar-refractivity contribution in [2.75, 3.05) is 5.32 Å². The fraction of sp³-hybridized carbons (Fsp3) is 0.375.